The van der Waals surface area contributed by atoms with Crippen LogP contribution < -0.4 is 15.1 Å². The van der Waals surface area contributed by atoms with Gasteiger partial charge in [0.2, 0.25) is 0 Å². The third-order valence-corrected chi connectivity index (χ3v) is 7.61. The van der Waals surface area contributed by atoms with Gasteiger partial charge in [0.15, 0.2) is 5.16 Å². The second-order valence-corrected chi connectivity index (χ2v) is 10.2. The van der Waals surface area contributed by atoms with Crippen molar-refractivity contribution >= 4 is 29.2 Å². The first kappa shape index (κ1) is 26.6. The molecule has 0 spiro atoms. The SMILES string of the molecule is CCc1cc(N2CCN(c3ccccc3F)CC2)nc(SCc2ccc(C(=O)NCc3ccncc3)cc2)n1. The molecular formula is C30H31FN6OS. The van der Waals surface area contributed by atoms with Crippen LogP contribution in [0.25, 0.3) is 0 Å². The molecule has 1 N–H and O–H groups in total. The number of anilines is 2. The van der Waals surface area contributed by atoms with E-state index < -0.39 is 0 Å². The molecule has 0 bridgehead atoms. The predicted molar refractivity (Wildman–Crippen MR) is 154 cm³/mol. The molecule has 39 heavy (non-hydrogen) atoms. The van der Waals surface area contributed by atoms with Crippen molar-refractivity contribution in [1.29, 1.82) is 0 Å². The molecule has 3 heterocycles. The molecule has 0 saturated carbocycles. The van der Waals surface area contributed by atoms with Gasteiger partial charge in [0.25, 0.3) is 5.91 Å². The number of halogens is 1. The standard InChI is InChI=1S/C30H31FN6OS/c1-2-25-19-28(37-17-15-36(16-18-37)27-6-4-3-5-26(27)31)35-30(34-25)39-21-23-7-9-24(10-8-23)29(38)33-20-22-11-13-32-14-12-22/h3-14,19H,2,15-18,20-21H2,1H3,(H,33,38). The number of para-hydroxylation sites is 1. The zero-order valence-corrected chi connectivity index (χ0v) is 22.7. The molecule has 0 aliphatic carbocycles. The minimum atomic E-state index is -0.182. The first-order chi connectivity index (χ1) is 19.1. The van der Waals surface area contributed by atoms with E-state index in [1.165, 1.54) is 6.07 Å². The maximum absolute atomic E-state index is 14.2. The number of carbonyl (C=O) groups excluding carboxylic acids is 1. The summed E-state index contributed by atoms with van der Waals surface area (Å²) < 4.78 is 14.2. The molecular weight excluding hydrogens is 511 g/mol. The van der Waals surface area contributed by atoms with Crippen molar-refractivity contribution in [3.8, 4) is 0 Å². The van der Waals surface area contributed by atoms with E-state index >= 15 is 0 Å². The fourth-order valence-electron chi connectivity index (χ4n) is 4.44. The van der Waals surface area contributed by atoms with Gasteiger partial charge in [-0.1, -0.05) is 43.0 Å². The van der Waals surface area contributed by atoms with E-state index in [4.69, 9.17) is 9.97 Å². The second kappa shape index (κ2) is 12.7. The van der Waals surface area contributed by atoms with E-state index in [0.29, 0.717) is 23.5 Å². The summed E-state index contributed by atoms with van der Waals surface area (Å²) >= 11 is 1.59. The van der Waals surface area contributed by atoms with Crippen molar-refractivity contribution in [3.63, 3.8) is 0 Å². The van der Waals surface area contributed by atoms with Gasteiger partial charge in [0.1, 0.15) is 11.6 Å². The van der Waals surface area contributed by atoms with Crippen molar-refractivity contribution in [1.82, 2.24) is 20.3 Å². The predicted octanol–water partition coefficient (Wildman–Crippen LogP) is 5.12. The van der Waals surface area contributed by atoms with E-state index in [1.807, 2.05) is 48.5 Å². The summed E-state index contributed by atoms with van der Waals surface area (Å²) in [6, 6.07) is 20.4. The number of pyridine rings is 1. The number of nitrogens with zero attached hydrogens (tertiary/aromatic N) is 5. The lowest BCUT2D eigenvalue weighted by Crippen LogP contribution is -2.47. The zero-order chi connectivity index (χ0) is 27.0. The molecule has 5 rings (SSSR count). The Morgan fingerprint density at radius 2 is 1.64 bits per heavy atom. The Morgan fingerprint density at radius 1 is 0.923 bits per heavy atom. The molecule has 1 saturated heterocycles. The van der Waals surface area contributed by atoms with E-state index in [-0.39, 0.29) is 11.7 Å². The monoisotopic (exact) mass is 542 g/mol. The van der Waals surface area contributed by atoms with Gasteiger partial charge in [-0.05, 0) is 53.9 Å². The molecule has 7 nitrogen and oxygen atoms in total. The van der Waals surface area contributed by atoms with Crippen LogP contribution in [0.15, 0.2) is 84.3 Å². The van der Waals surface area contributed by atoms with Crippen molar-refractivity contribution < 1.29 is 9.18 Å². The molecule has 9 heteroatoms. The smallest absolute Gasteiger partial charge is 0.251 e. The van der Waals surface area contributed by atoms with E-state index in [2.05, 4.69) is 33.1 Å². The molecule has 1 amide bonds. The Balaban J connectivity index is 1.17. The Hall–Kier alpha value is -3.98. The van der Waals surface area contributed by atoms with Crippen LogP contribution in [-0.4, -0.2) is 47.0 Å². The van der Waals surface area contributed by atoms with E-state index in [9.17, 15) is 9.18 Å². The fraction of sp³-hybridized carbons (Fsp3) is 0.267. The molecule has 0 atom stereocenters. The van der Waals surface area contributed by atoms with Gasteiger partial charge in [-0.25, -0.2) is 14.4 Å². The first-order valence-corrected chi connectivity index (χ1v) is 14.1. The van der Waals surface area contributed by atoms with Crippen molar-refractivity contribution in [2.75, 3.05) is 36.0 Å². The van der Waals surface area contributed by atoms with Gasteiger partial charge in [0.05, 0.1) is 5.69 Å². The van der Waals surface area contributed by atoms with Crippen LogP contribution in [0.2, 0.25) is 0 Å². The molecule has 4 aromatic rings. The highest BCUT2D eigenvalue weighted by molar-refractivity contribution is 7.98. The number of nitrogens with one attached hydrogen (secondary N) is 1. The summed E-state index contributed by atoms with van der Waals surface area (Å²) in [6.07, 6.45) is 4.25. The third-order valence-electron chi connectivity index (χ3n) is 6.69. The number of aryl methyl sites for hydroxylation is 1. The lowest BCUT2D eigenvalue weighted by atomic mass is 10.1. The molecule has 1 aliphatic rings. The fourth-order valence-corrected chi connectivity index (χ4v) is 5.27. The Bertz CT molecular complexity index is 1390. The Labute approximate surface area is 232 Å². The van der Waals surface area contributed by atoms with Crippen LogP contribution in [0.5, 0.6) is 0 Å². The molecule has 2 aromatic heterocycles. The Morgan fingerprint density at radius 3 is 2.36 bits per heavy atom. The largest absolute Gasteiger partial charge is 0.366 e. The van der Waals surface area contributed by atoms with Gasteiger partial charge in [-0.3, -0.25) is 9.78 Å². The molecule has 200 valence electrons. The minimum Gasteiger partial charge on any atom is -0.366 e. The van der Waals surface area contributed by atoms with Crippen molar-refractivity contribution in [2.45, 2.75) is 30.8 Å². The number of benzene rings is 2. The number of thioether (sulfide) groups is 1. The molecule has 0 radical (unpaired) electrons. The second-order valence-electron chi connectivity index (χ2n) is 9.30. The maximum Gasteiger partial charge on any atom is 0.251 e. The number of rotatable bonds is 9. The first-order valence-electron chi connectivity index (χ1n) is 13.1. The van der Waals surface area contributed by atoms with Crippen molar-refractivity contribution in [3.05, 3.63) is 107 Å². The quantitative estimate of drug-likeness (QED) is 0.232. The van der Waals surface area contributed by atoms with Crippen LogP contribution in [0, 0.1) is 5.82 Å². The van der Waals surface area contributed by atoms with Crippen LogP contribution in [-0.2, 0) is 18.7 Å². The van der Waals surface area contributed by atoms with Crippen molar-refractivity contribution in [2.24, 2.45) is 0 Å². The zero-order valence-electron chi connectivity index (χ0n) is 21.9. The van der Waals surface area contributed by atoms with Gasteiger partial charge in [-0.15, -0.1) is 0 Å². The summed E-state index contributed by atoms with van der Waals surface area (Å²) in [5.74, 6) is 1.33. The molecule has 1 fully saturated rings. The normalized spacial score (nSPS) is 13.4. The van der Waals surface area contributed by atoms with Crippen LogP contribution in [0.4, 0.5) is 15.9 Å². The Kier molecular flexibility index (Phi) is 8.68. The summed E-state index contributed by atoms with van der Waals surface area (Å²) in [4.78, 5) is 30.4. The maximum atomic E-state index is 14.2. The van der Waals surface area contributed by atoms with Crippen LogP contribution in [0.3, 0.4) is 0 Å². The summed E-state index contributed by atoms with van der Waals surface area (Å²) in [7, 11) is 0. The van der Waals surface area contributed by atoms with Gasteiger partial charge in [0, 0.05) is 68.2 Å². The summed E-state index contributed by atoms with van der Waals surface area (Å²) in [5, 5.41) is 3.68. The lowest BCUT2D eigenvalue weighted by Gasteiger charge is -2.37. The molecule has 2 aromatic carbocycles. The summed E-state index contributed by atoms with van der Waals surface area (Å²) in [5.41, 5.74) is 4.38. The highest BCUT2D eigenvalue weighted by atomic mass is 32.2. The third kappa shape index (κ3) is 6.92. The van der Waals surface area contributed by atoms with Gasteiger partial charge >= 0.3 is 0 Å². The average Bonchev–Trinajstić information content (AvgIpc) is 3.00. The number of aromatic nitrogens is 3. The lowest BCUT2D eigenvalue weighted by molar-refractivity contribution is 0.0951. The highest BCUT2D eigenvalue weighted by Gasteiger charge is 2.21. The number of hydrogen-bond acceptors (Lipinski definition) is 7. The van der Waals surface area contributed by atoms with Crippen LogP contribution in [0.1, 0.15) is 34.1 Å². The number of amides is 1. The van der Waals surface area contributed by atoms with Gasteiger partial charge in [-0.2, -0.15) is 0 Å². The number of carbonyl (C=O) groups is 1. The van der Waals surface area contributed by atoms with Gasteiger partial charge < -0.3 is 15.1 Å². The topological polar surface area (TPSA) is 74.2 Å². The average molecular weight is 543 g/mol. The van der Waals surface area contributed by atoms with E-state index in [0.717, 1.165) is 60.4 Å². The highest BCUT2D eigenvalue weighted by Crippen LogP contribution is 2.26. The number of piperazine rings is 1. The van der Waals surface area contributed by atoms with Crippen LogP contribution >= 0.6 is 11.8 Å². The summed E-state index contributed by atoms with van der Waals surface area (Å²) in [6.45, 7) is 5.56. The molecule has 0 unspecified atom stereocenters. The van der Waals surface area contributed by atoms with E-state index in [1.54, 1.807) is 30.2 Å². The number of hydrogen-bond donors (Lipinski definition) is 1. The minimum absolute atomic E-state index is 0.107. The molecule has 1 aliphatic heterocycles.